The lowest BCUT2D eigenvalue weighted by Crippen LogP contribution is -2.28. The molecule has 122 valence electrons. The Balaban J connectivity index is 1.52. The second kappa shape index (κ2) is 6.67. The topological polar surface area (TPSA) is 64.1 Å². The highest BCUT2D eigenvalue weighted by molar-refractivity contribution is 7.19. The van der Waals surface area contributed by atoms with Crippen molar-refractivity contribution in [2.24, 2.45) is 5.92 Å². The zero-order valence-corrected chi connectivity index (χ0v) is 13.9. The summed E-state index contributed by atoms with van der Waals surface area (Å²) in [6, 6.07) is 8.22. The highest BCUT2D eigenvalue weighted by atomic mass is 32.1. The summed E-state index contributed by atoms with van der Waals surface area (Å²) in [5.74, 6) is 0.0723. The molecule has 1 amide bonds. The zero-order chi connectivity index (χ0) is 16.4. The van der Waals surface area contributed by atoms with Gasteiger partial charge in [0, 0.05) is 43.1 Å². The quantitative estimate of drug-likeness (QED) is 0.790. The van der Waals surface area contributed by atoms with E-state index in [0.717, 1.165) is 34.1 Å². The molecule has 1 saturated heterocycles. The second-order valence-corrected chi connectivity index (χ2v) is 6.87. The molecule has 0 aliphatic carbocycles. The lowest BCUT2D eigenvalue weighted by atomic mass is 10.00. The van der Waals surface area contributed by atoms with Gasteiger partial charge in [-0.1, -0.05) is 23.5 Å². The van der Waals surface area contributed by atoms with Crippen LogP contribution in [0.15, 0.2) is 42.9 Å². The maximum Gasteiger partial charge on any atom is 0.229 e. The zero-order valence-electron chi connectivity index (χ0n) is 13.1. The van der Waals surface area contributed by atoms with Crippen molar-refractivity contribution in [3.8, 4) is 10.4 Å². The van der Waals surface area contributed by atoms with E-state index < -0.39 is 0 Å². The third-order valence-electron chi connectivity index (χ3n) is 4.25. The minimum absolute atomic E-state index is 0.0271. The van der Waals surface area contributed by atoms with E-state index in [1.165, 1.54) is 11.3 Å². The maximum atomic E-state index is 12.3. The number of fused-ring (bicyclic) bond motifs is 1. The number of carbonyl (C=O) groups excluding carboxylic acids is 1. The molecule has 1 aliphatic rings. The summed E-state index contributed by atoms with van der Waals surface area (Å²) in [7, 11) is 0. The van der Waals surface area contributed by atoms with Crippen LogP contribution in [0.3, 0.4) is 0 Å². The average Bonchev–Trinajstić information content (AvgIpc) is 3.10. The molecule has 0 radical (unpaired) electrons. The van der Waals surface area contributed by atoms with Gasteiger partial charge in [0.2, 0.25) is 5.91 Å². The number of nitrogens with one attached hydrogen (secondary N) is 1. The first kappa shape index (κ1) is 15.2. The number of benzene rings is 1. The average molecular weight is 339 g/mol. The Kier molecular flexibility index (Phi) is 4.23. The van der Waals surface area contributed by atoms with Crippen LogP contribution in [0, 0.1) is 5.92 Å². The standard InChI is InChI=1S/C18H17N3O2S/c22-17(12-4-7-23-8-5-12)21-18-20-11-16(24-18)14-1-2-15-10-19-6-3-13(15)9-14/h1-3,6,9-12H,4-5,7-8H2,(H,20,21,22). The Morgan fingerprint density at radius 3 is 2.92 bits per heavy atom. The lowest BCUT2D eigenvalue weighted by molar-refractivity contribution is -0.122. The van der Waals surface area contributed by atoms with Crippen molar-refractivity contribution in [3.05, 3.63) is 42.9 Å². The fourth-order valence-corrected chi connectivity index (χ4v) is 3.68. The van der Waals surface area contributed by atoms with Crippen molar-refractivity contribution in [1.29, 1.82) is 0 Å². The third-order valence-corrected chi connectivity index (χ3v) is 5.21. The van der Waals surface area contributed by atoms with Crippen LogP contribution in [0.4, 0.5) is 5.13 Å². The molecule has 3 heterocycles. The number of ether oxygens (including phenoxy) is 1. The molecule has 1 aliphatic heterocycles. The Hall–Kier alpha value is -2.31. The van der Waals surface area contributed by atoms with E-state index in [9.17, 15) is 4.79 Å². The normalized spacial score (nSPS) is 15.5. The molecule has 1 aromatic carbocycles. The van der Waals surface area contributed by atoms with Crippen molar-refractivity contribution in [2.45, 2.75) is 12.8 Å². The van der Waals surface area contributed by atoms with Gasteiger partial charge in [0.15, 0.2) is 5.13 Å². The second-order valence-electron chi connectivity index (χ2n) is 5.84. The Labute approximate surface area is 143 Å². The van der Waals surface area contributed by atoms with Crippen LogP contribution in [0.1, 0.15) is 12.8 Å². The van der Waals surface area contributed by atoms with Crippen molar-refractivity contribution in [3.63, 3.8) is 0 Å². The summed E-state index contributed by atoms with van der Waals surface area (Å²) in [5, 5.41) is 5.84. The van der Waals surface area contributed by atoms with Crippen molar-refractivity contribution >= 4 is 33.1 Å². The monoisotopic (exact) mass is 339 g/mol. The summed E-state index contributed by atoms with van der Waals surface area (Å²) in [5.41, 5.74) is 1.10. The number of pyridine rings is 1. The van der Waals surface area contributed by atoms with Crippen molar-refractivity contribution in [2.75, 3.05) is 18.5 Å². The molecule has 0 bridgehead atoms. The molecule has 5 nitrogen and oxygen atoms in total. The van der Waals surface area contributed by atoms with E-state index in [2.05, 4.69) is 33.5 Å². The summed E-state index contributed by atoms with van der Waals surface area (Å²) < 4.78 is 5.30. The minimum atomic E-state index is 0.0271. The maximum absolute atomic E-state index is 12.3. The van der Waals surface area contributed by atoms with Gasteiger partial charge in [-0.3, -0.25) is 9.78 Å². The van der Waals surface area contributed by atoms with Gasteiger partial charge in [-0.05, 0) is 35.9 Å². The summed E-state index contributed by atoms with van der Waals surface area (Å²) in [4.78, 5) is 21.8. The Morgan fingerprint density at radius 1 is 1.17 bits per heavy atom. The van der Waals surface area contributed by atoms with Gasteiger partial charge in [-0.25, -0.2) is 4.98 Å². The van der Waals surface area contributed by atoms with Gasteiger partial charge in [-0.15, -0.1) is 0 Å². The summed E-state index contributed by atoms with van der Waals surface area (Å²) >= 11 is 1.50. The third kappa shape index (κ3) is 3.16. The van der Waals surface area contributed by atoms with Gasteiger partial charge >= 0.3 is 0 Å². The highest BCUT2D eigenvalue weighted by Crippen LogP contribution is 2.31. The molecular formula is C18H17N3O2S. The molecule has 1 N–H and O–H groups in total. The van der Waals surface area contributed by atoms with Crippen molar-refractivity contribution in [1.82, 2.24) is 9.97 Å². The lowest BCUT2D eigenvalue weighted by Gasteiger charge is -2.20. The van der Waals surface area contributed by atoms with Gasteiger partial charge in [0.25, 0.3) is 0 Å². The van der Waals surface area contributed by atoms with Crippen molar-refractivity contribution < 1.29 is 9.53 Å². The van der Waals surface area contributed by atoms with E-state index in [-0.39, 0.29) is 11.8 Å². The van der Waals surface area contributed by atoms with E-state index in [1.807, 2.05) is 18.5 Å². The van der Waals surface area contributed by atoms with E-state index in [1.54, 1.807) is 6.20 Å². The highest BCUT2D eigenvalue weighted by Gasteiger charge is 2.22. The first-order valence-corrected chi connectivity index (χ1v) is 8.80. The van der Waals surface area contributed by atoms with Crippen LogP contribution in [-0.2, 0) is 9.53 Å². The first-order chi connectivity index (χ1) is 11.8. The molecule has 24 heavy (non-hydrogen) atoms. The van der Waals surface area contributed by atoms with Gasteiger partial charge < -0.3 is 10.1 Å². The molecule has 0 saturated carbocycles. The van der Waals surface area contributed by atoms with Crippen LogP contribution in [0.2, 0.25) is 0 Å². The van der Waals surface area contributed by atoms with E-state index in [0.29, 0.717) is 18.3 Å². The molecule has 2 aromatic heterocycles. The smallest absolute Gasteiger partial charge is 0.229 e. The molecule has 3 aromatic rings. The Bertz CT molecular complexity index is 871. The molecule has 4 rings (SSSR count). The van der Waals surface area contributed by atoms with Crippen LogP contribution in [-0.4, -0.2) is 29.1 Å². The Morgan fingerprint density at radius 2 is 2.04 bits per heavy atom. The number of amides is 1. The summed E-state index contributed by atoms with van der Waals surface area (Å²) in [6.45, 7) is 1.32. The van der Waals surface area contributed by atoms with Gasteiger partial charge in [-0.2, -0.15) is 0 Å². The number of hydrogen-bond acceptors (Lipinski definition) is 5. The van der Waals surface area contributed by atoms with E-state index >= 15 is 0 Å². The number of thiazole rings is 1. The van der Waals surface area contributed by atoms with Crippen LogP contribution in [0.25, 0.3) is 21.2 Å². The molecule has 0 unspecified atom stereocenters. The largest absolute Gasteiger partial charge is 0.381 e. The van der Waals surface area contributed by atoms with Crippen LogP contribution < -0.4 is 5.32 Å². The molecule has 0 spiro atoms. The number of rotatable bonds is 3. The predicted octanol–water partition coefficient (Wildman–Crippen LogP) is 3.72. The fraction of sp³-hybridized carbons (Fsp3) is 0.278. The summed E-state index contributed by atoms with van der Waals surface area (Å²) in [6.07, 6.45) is 7.02. The number of aromatic nitrogens is 2. The predicted molar refractivity (Wildman–Crippen MR) is 95.0 cm³/mol. The molecule has 0 atom stereocenters. The molecular weight excluding hydrogens is 322 g/mol. The number of carbonyl (C=O) groups is 1. The number of hydrogen-bond donors (Lipinski definition) is 1. The van der Waals surface area contributed by atoms with Gasteiger partial charge in [0.05, 0.1) is 4.88 Å². The van der Waals surface area contributed by atoms with Crippen LogP contribution >= 0.6 is 11.3 Å². The SMILES string of the molecule is O=C(Nc1ncc(-c2ccc3cnccc3c2)s1)C1CCOCC1. The fourth-order valence-electron chi connectivity index (χ4n) is 2.87. The number of nitrogens with zero attached hydrogens (tertiary/aromatic N) is 2. The van der Waals surface area contributed by atoms with E-state index in [4.69, 9.17) is 4.74 Å². The first-order valence-electron chi connectivity index (χ1n) is 7.98. The molecule has 1 fully saturated rings. The van der Waals surface area contributed by atoms with Crippen LogP contribution in [0.5, 0.6) is 0 Å². The van der Waals surface area contributed by atoms with Gasteiger partial charge in [0.1, 0.15) is 0 Å². The molecule has 6 heteroatoms. The minimum Gasteiger partial charge on any atom is -0.381 e. The number of anilines is 1.